The third-order valence-electron chi connectivity index (χ3n) is 6.54. The van der Waals surface area contributed by atoms with Gasteiger partial charge in [0.15, 0.2) is 0 Å². The maximum Gasteiger partial charge on any atom is 0.357 e. The first-order valence-corrected chi connectivity index (χ1v) is 12.6. The number of carbonyl (C=O) groups excluding carboxylic acids is 1. The van der Waals surface area contributed by atoms with Crippen LogP contribution in [-0.2, 0) is 17.9 Å². The molecule has 0 spiro atoms. The van der Waals surface area contributed by atoms with Crippen LogP contribution in [0, 0.1) is 5.82 Å². The zero-order valence-electron chi connectivity index (χ0n) is 20.3. The van der Waals surface area contributed by atoms with Crippen molar-refractivity contribution in [2.75, 3.05) is 0 Å². The smallest absolute Gasteiger partial charge is 0.357 e. The van der Waals surface area contributed by atoms with Crippen molar-refractivity contribution >= 4 is 39.4 Å². The van der Waals surface area contributed by atoms with E-state index in [2.05, 4.69) is 4.57 Å². The SMILES string of the molecule is O=C(OCc1ccccc1)c1cc2c3ccccc3n(Cc3ccc(F)cc3)c2c(-c2ccc(Cl)cc2)n1. The van der Waals surface area contributed by atoms with Crippen LogP contribution in [0.3, 0.4) is 0 Å². The van der Waals surface area contributed by atoms with Gasteiger partial charge in [-0.3, -0.25) is 0 Å². The maximum atomic E-state index is 13.6. The molecule has 0 N–H and O–H groups in total. The summed E-state index contributed by atoms with van der Waals surface area (Å²) in [5.74, 6) is -0.778. The number of fused-ring (bicyclic) bond motifs is 3. The molecular formula is C32H22ClFN2O2. The van der Waals surface area contributed by atoms with Crippen LogP contribution in [-0.4, -0.2) is 15.5 Å². The number of pyridine rings is 1. The Balaban J connectivity index is 1.54. The summed E-state index contributed by atoms with van der Waals surface area (Å²) in [6.07, 6.45) is 0. The monoisotopic (exact) mass is 520 g/mol. The van der Waals surface area contributed by atoms with E-state index in [0.717, 1.165) is 38.5 Å². The lowest BCUT2D eigenvalue weighted by atomic mass is 10.1. The molecule has 2 aromatic heterocycles. The maximum absolute atomic E-state index is 13.6. The topological polar surface area (TPSA) is 44.1 Å². The van der Waals surface area contributed by atoms with Gasteiger partial charge in [-0.15, -0.1) is 0 Å². The molecule has 0 fully saturated rings. The molecule has 6 heteroatoms. The Morgan fingerprint density at radius 1 is 0.816 bits per heavy atom. The largest absolute Gasteiger partial charge is 0.456 e. The second kappa shape index (κ2) is 10.1. The van der Waals surface area contributed by atoms with Gasteiger partial charge in [0.2, 0.25) is 0 Å². The van der Waals surface area contributed by atoms with Gasteiger partial charge in [-0.1, -0.05) is 84.4 Å². The first kappa shape index (κ1) is 23.9. The van der Waals surface area contributed by atoms with Crippen molar-refractivity contribution < 1.29 is 13.9 Å². The molecule has 0 radical (unpaired) electrons. The molecule has 0 saturated carbocycles. The predicted octanol–water partition coefficient (Wildman–Crippen LogP) is 8.05. The number of hydrogen-bond acceptors (Lipinski definition) is 3. The Kier molecular flexibility index (Phi) is 6.36. The van der Waals surface area contributed by atoms with Gasteiger partial charge in [-0.05, 0) is 47.5 Å². The molecule has 0 saturated heterocycles. The Labute approximate surface area is 223 Å². The average molecular weight is 521 g/mol. The quantitative estimate of drug-likeness (QED) is 0.209. The van der Waals surface area contributed by atoms with Crippen molar-refractivity contribution in [2.24, 2.45) is 0 Å². The molecule has 6 rings (SSSR count). The standard InChI is InChI=1S/C32H22ClFN2O2/c33-24-14-12-23(13-15-24)30-31-27(18-28(35-30)32(37)38-20-22-6-2-1-3-7-22)26-8-4-5-9-29(26)36(31)19-21-10-16-25(34)17-11-21/h1-18H,19-20H2. The van der Waals surface area contributed by atoms with Crippen LogP contribution in [0.1, 0.15) is 21.6 Å². The van der Waals surface area contributed by atoms with Crippen LogP contribution in [0.5, 0.6) is 0 Å². The van der Waals surface area contributed by atoms with Crippen molar-refractivity contribution in [3.63, 3.8) is 0 Å². The highest BCUT2D eigenvalue weighted by atomic mass is 35.5. The molecule has 0 aliphatic carbocycles. The summed E-state index contributed by atoms with van der Waals surface area (Å²) in [6, 6.07) is 33.2. The van der Waals surface area contributed by atoms with E-state index < -0.39 is 5.97 Å². The summed E-state index contributed by atoms with van der Waals surface area (Å²) < 4.78 is 21.4. The molecule has 0 aliphatic rings. The Hall–Kier alpha value is -4.48. The van der Waals surface area contributed by atoms with Crippen LogP contribution in [0.2, 0.25) is 5.02 Å². The van der Waals surface area contributed by atoms with E-state index in [4.69, 9.17) is 21.3 Å². The first-order valence-electron chi connectivity index (χ1n) is 12.2. The highest BCUT2D eigenvalue weighted by Gasteiger charge is 2.21. The molecule has 186 valence electrons. The van der Waals surface area contributed by atoms with Gasteiger partial charge in [-0.25, -0.2) is 14.2 Å². The summed E-state index contributed by atoms with van der Waals surface area (Å²) >= 11 is 6.18. The van der Waals surface area contributed by atoms with Gasteiger partial charge in [0, 0.05) is 33.4 Å². The second-order valence-electron chi connectivity index (χ2n) is 9.05. The van der Waals surface area contributed by atoms with Gasteiger partial charge < -0.3 is 9.30 Å². The van der Waals surface area contributed by atoms with Crippen molar-refractivity contribution in [1.82, 2.24) is 9.55 Å². The van der Waals surface area contributed by atoms with Crippen LogP contribution in [0.25, 0.3) is 33.1 Å². The van der Waals surface area contributed by atoms with Crippen molar-refractivity contribution in [3.05, 3.63) is 137 Å². The molecular weight excluding hydrogens is 499 g/mol. The fraction of sp³-hybridized carbons (Fsp3) is 0.0625. The van der Waals surface area contributed by atoms with Gasteiger partial charge in [-0.2, -0.15) is 0 Å². The van der Waals surface area contributed by atoms with E-state index in [1.807, 2.05) is 66.7 Å². The van der Waals surface area contributed by atoms with E-state index in [1.165, 1.54) is 12.1 Å². The molecule has 0 bridgehead atoms. The number of nitrogens with zero attached hydrogens (tertiary/aromatic N) is 2. The zero-order valence-corrected chi connectivity index (χ0v) is 21.0. The van der Waals surface area contributed by atoms with Gasteiger partial charge in [0.05, 0.1) is 11.2 Å². The number of ether oxygens (including phenoxy) is 1. The number of rotatable bonds is 6. The Morgan fingerprint density at radius 3 is 2.29 bits per heavy atom. The number of carbonyl (C=O) groups is 1. The van der Waals surface area contributed by atoms with Crippen LogP contribution in [0.15, 0.2) is 109 Å². The number of benzene rings is 4. The van der Waals surface area contributed by atoms with Crippen LogP contribution < -0.4 is 0 Å². The van der Waals surface area contributed by atoms with Gasteiger partial charge in [0.25, 0.3) is 0 Å². The van der Waals surface area contributed by atoms with Gasteiger partial charge >= 0.3 is 5.97 Å². The van der Waals surface area contributed by atoms with Crippen LogP contribution in [0.4, 0.5) is 4.39 Å². The summed E-state index contributed by atoms with van der Waals surface area (Å²) in [5.41, 5.74) is 5.39. The number of aromatic nitrogens is 2. The number of para-hydroxylation sites is 1. The molecule has 0 amide bonds. The van der Waals surface area contributed by atoms with Crippen molar-refractivity contribution in [3.8, 4) is 11.3 Å². The summed E-state index contributed by atoms with van der Waals surface area (Å²) in [5, 5.41) is 2.48. The van der Waals surface area contributed by atoms with Crippen molar-refractivity contribution in [1.29, 1.82) is 0 Å². The Morgan fingerprint density at radius 2 is 1.53 bits per heavy atom. The minimum atomic E-state index is -0.499. The fourth-order valence-corrected chi connectivity index (χ4v) is 4.85. The Bertz CT molecular complexity index is 1760. The third-order valence-corrected chi connectivity index (χ3v) is 6.79. The first-order chi connectivity index (χ1) is 18.6. The molecule has 0 unspecified atom stereocenters. The summed E-state index contributed by atoms with van der Waals surface area (Å²) in [7, 11) is 0. The molecule has 38 heavy (non-hydrogen) atoms. The number of halogens is 2. The number of esters is 1. The summed E-state index contributed by atoms with van der Waals surface area (Å²) in [4.78, 5) is 18.0. The third kappa shape index (κ3) is 4.64. The molecule has 6 aromatic rings. The molecule has 2 heterocycles. The lowest BCUT2D eigenvalue weighted by molar-refractivity contribution is 0.0466. The molecule has 4 aromatic carbocycles. The van der Waals surface area contributed by atoms with E-state index >= 15 is 0 Å². The van der Waals surface area contributed by atoms with E-state index in [0.29, 0.717) is 17.3 Å². The van der Waals surface area contributed by atoms with Gasteiger partial charge in [0.1, 0.15) is 18.1 Å². The van der Waals surface area contributed by atoms with Crippen LogP contribution >= 0.6 is 11.6 Å². The highest BCUT2D eigenvalue weighted by molar-refractivity contribution is 6.30. The van der Waals surface area contributed by atoms with Crippen molar-refractivity contribution in [2.45, 2.75) is 13.2 Å². The summed E-state index contributed by atoms with van der Waals surface area (Å²) in [6.45, 7) is 0.659. The minimum absolute atomic E-state index is 0.155. The predicted molar refractivity (Wildman–Crippen MR) is 149 cm³/mol. The lowest BCUT2D eigenvalue weighted by Gasteiger charge is -2.13. The highest BCUT2D eigenvalue weighted by Crippen LogP contribution is 2.36. The van der Waals surface area contributed by atoms with E-state index in [-0.39, 0.29) is 18.1 Å². The van der Waals surface area contributed by atoms with E-state index in [1.54, 1.807) is 30.3 Å². The fourth-order valence-electron chi connectivity index (χ4n) is 4.72. The zero-order chi connectivity index (χ0) is 26.1. The average Bonchev–Trinajstić information content (AvgIpc) is 3.27. The number of hydrogen-bond donors (Lipinski definition) is 0. The minimum Gasteiger partial charge on any atom is -0.456 e. The molecule has 0 aliphatic heterocycles. The molecule has 0 atom stereocenters. The van der Waals surface area contributed by atoms with E-state index in [9.17, 15) is 9.18 Å². The lowest BCUT2D eigenvalue weighted by Crippen LogP contribution is -2.09. The second-order valence-corrected chi connectivity index (χ2v) is 9.49. The molecule has 4 nitrogen and oxygen atoms in total. The normalized spacial score (nSPS) is 11.2.